The first-order valence-electron chi connectivity index (χ1n) is 7.07. The van der Waals surface area contributed by atoms with Crippen LogP contribution in [0.25, 0.3) is 0 Å². The van der Waals surface area contributed by atoms with Gasteiger partial charge in [-0.25, -0.2) is 0 Å². The number of rotatable bonds is 11. The second-order valence-corrected chi connectivity index (χ2v) is 5.49. The third-order valence-corrected chi connectivity index (χ3v) is 2.48. The number of nitrogens with one attached hydrogen (secondary N) is 1. The SMILES string of the molecule is CCOCCNCCN(CC(C)C)CC(C)C. The summed E-state index contributed by atoms with van der Waals surface area (Å²) in [5.41, 5.74) is 0. The van der Waals surface area contributed by atoms with Crippen molar-refractivity contribution in [1.29, 1.82) is 0 Å². The van der Waals surface area contributed by atoms with Crippen molar-refractivity contribution in [2.24, 2.45) is 11.8 Å². The van der Waals surface area contributed by atoms with Gasteiger partial charge < -0.3 is 15.0 Å². The van der Waals surface area contributed by atoms with Gasteiger partial charge in [-0.3, -0.25) is 0 Å². The Labute approximate surface area is 108 Å². The second kappa shape index (κ2) is 11.0. The molecule has 0 heterocycles. The van der Waals surface area contributed by atoms with Crippen LogP contribution >= 0.6 is 0 Å². The monoisotopic (exact) mass is 244 g/mol. The summed E-state index contributed by atoms with van der Waals surface area (Å²) in [6.45, 7) is 18.4. The molecule has 3 nitrogen and oxygen atoms in total. The Balaban J connectivity index is 3.60. The predicted molar refractivity (Wildman–Crippen MR) is 75.5 cm³/mol. The van der Waals surface area contributed by atoms with Crippen molar-refractivity contribution in [3.8, 4) is 0 Å². The van der Waals surface area contributed by atoms with Gasteiger partial charge in [0.25, 0.3) is 0 Å². The van der Waals surface area contributed by atoms with Crippen LogP contribution in [0.15, 0.2) is 0 Å². The van der Waals surface area contributed by atoms with Crippen molar-refractivity contribution < 1.29 is 4.74 Å². The van der Waals surface area contributed by atoms with Gasteiger partial charge in [0.05, 0.1) is 6.61 Å². The third-order valence-electron chi connectivity index (χ3n) is 2.48. The van der Waals surface area contributed by atoms with Gasteiger partial charge >= 0.3 is 0 Å². The average molecular weight is 244 g/mol. The molecular formula is C14H32N2O. The highest BCUT2D eigenvalue weighted by Gasteiger charge is 2.08. The maximum absolute atomic E-state index is 5.29. The van der Waals surface area contributed by atoms with Gasteiger partial charge in [-0.2, -0.15) is 0 Å². The first-order valence-corrected chi connectivity index (χ1v) is 7.07. The molecule has 0 aliphatic heterocycles. The molecule has 0 saturated heterocycles. The minimum absolute atomic E-state index is 0.747. The van der Waals surface area contributed by atoms with Crippen molar-refractivity contribution in [2.75, 3.05) is 45.9 Å². The Hall–Kier alpha value is -0.120. The van der Waals surface area contributed by atoms with E-state index in [-0.39, 0.29) is 0 Å². The largest absolute Gasteiger partial charge is 0.380 e. The molecule has 0 saturated carbocycles. The van der Waals surface area contributed by atoms with Gasteiger partial charge in [0.15, 0.2) is 0 Å². The Morgan fingerprint density at radius 3 is 2.06 bits per heavy atom. The van der Waals surface area contributed by atoms with Crippen molar-refractivity contribution >= 4 is 0 Å². The van der Waals surface area contributed by atoms with E-state index in [0.717, 1.165) is 44.7 Å². The van der Waals surface area contributed by atoms with E-state index < -0.39 is 0 Å². The highest BCUT2D eigenvalue weighted by atomic mass is 16.5. The molecule has 0 unspecified atom stereocenters. The zero-order valence-electron chi connectivity index (χ0n) is 12.5. The van der Waals surface area contributed by atoms with E-state index in [4.69, 9.17) is 4.74 Å². The van der Waals surface area contributed by atoms with E-state index in [1.807, 2.05) is 6.92 Å². The van der Waals surface area contributed by atoms with Crippen LogP contribution in [0.3, 0.4) is 0 Å². The molecule has 0 atom stereocenters. The highest BCUT2D eigenvalue weighted by Crippen LogP contribution is 2.02. The maximum atomic E-state index is 5.29. The zero-order chi connectivity index (χ0) is 13.1. The molecule has 0 aliphatic rings. The van der Waals surface area contributed by atoms with Gasteiger partial charge in [-0.1, -0.05) is 27.7 Å². The lowest BCUT2D eigenvalue weighted by Gasteiger charge is -2.26. The number of ether oxygens (including phenoxy) is 1. The highest BCUT2D eigenvalue weighted by molar-refractivity contribution is 4.64. The predicted octanol–water partition coefficient (Wildman–Crippen LogP) is 2.23. The summed E-state index contributed by atoms with van der Waals surface area (Å²) in [6.07, 6.45) is 0. The zero-order valence-corrected chi connectivity index (χ0v) is 12.5. The van der Waals surface area contributed by atoms with Crippen LogP contribution in [-0.2, 0) is 4.74 Å². The summed E-state index contributed by atoms with van der Waals surface area (Å²) >= 11 is 0. The molecule has 0 fully saturated rings. The summed E-state index contributed by atoms with van der Waals surface area (Å²) in [6, 6.07) is 0. The smallest absolute Gasteiger partial charge is 0.0590 e. The normalized spacial score (nSPS) is 12.0. The van der Waals surface area contributed by atoms with Crippen LogP contribution < -0.4 is 5.32 Å². The Bertz CT molecular complexity index is 150. The number of nitrogens with zero attached hydrogens (tertiary/aromatic N) is 1. The maximum Gasteiger partial charge on any atom is 0.0590 e. The van der Waals surface area contributed by atoms with Gasteiger partial charge in [0, 0.05) is 39.3 Å². The summed E-state index contributed by atoms with van der Waals surface area (Å²) in [5, 5.41) is 3.43. The molecule has 0 aromatic heterocycles. The fraction of sp³-hybridized carbons (Fsp3) is 1.00. The van der Waals surface area contributed by atoms with Crippen LogP contribution in [0.1, 0.15) is 34.6 Å². The molecule has 0 aliphatic carbocycles. The van der Waals surface area contributed by atoms with Crippen LogP contribution in [-0.4, -0.2) is 50.8 Å². The Morgan fingerprint density at radius 2 is 1.59 bits per heavy atom. The van der Waals surface area contributed by atoms with Crippen molar-refractivity contribution in [2.45, 2.75) is 34.6 Å². The first-order chi connectivity index (χ1) is 8.06. The van der Waals surface area contributed by atoms with Gasteiger partial charge in [0.2, 0.25) is 0 Å². The molecule has 104 valence electrons. The molecule has 17 heavy (non-hydrogen) atoms. The van der Waals surface area contributed by atoms with E-state index in [2.05, 4.69) is 37.9 Å². The molecule has 3 heteroatoms. The first kappa shape index (κ1) is 16.9. The molecule has 0 radical (unpaired) electrons. The molecule has 0 spiro atoms. The fourth-order valence-electron chi connectivity index (χ4n) is 1.94. The minimum atomic E-state index is 0.747. The van der Waals surface area contributed by atoms with Crippen LogP contribution in [0.2, 0.25) is 0 Å². The van der Waals surface area contributed by atoms with E-state index in [9.17, 15) is 0 Å². The lowest BCUT2D eigenvalue weighted by molar-refractivity contribution is 0.147. The standard InChI is InChI=1S/C14H32N2O/c1-6-17-10-8-15-7-9-16(11-13(2)3)12-14(4)5/h13-15H,6-12H2,1-5H3. The second-order valence-electron chi connectivity index (χ2n) is 5.49. The Kier molecular flexibility index (Phi) is 10.9. The summed E-state index contributed by atoms with van der Waals surface area (Å²) in [5.74, 6) is 1.49. The van der Waals surface area contributed by atoms with E-state index in [0.29, 0.717) is 0 Å². The average Bonchev–Trinajstić information content (AvgIpc) is 2.21. The van der Waals surface area contributed by atoms with E-state index in [1.165, 1.54) is 13.1 Å². The number of hydrogen-bond donors (Lipinski definition) is 1. The molecule has 0 rings (SSSR count). The van der Waals surface area contributed by atoms with Gasteiger partial charge in [0.1, 0.15) is 0 Å². The molecule has 0 aromatic carbocycles. The summed E-state index contributed by atoms with van der Waals surface area (Å²) in [7, 11) is 0. The third kappa shape index (κ3) is 12.1. The molecule has 1 N–H and O–H groups in total. The minimum Gasteiger partial charge on any atom is -0.380 e. The van der Waals surface area contributed by atoms with Crippen LogP contribution in [0.5, 0.6) is 0 Å². The Morgan fingerprint density at radius 1 is 1.00 bits per heavy atom. The van der Waals surface area contributed by atoms with E-state index >= 15 is 0 Å². The quantitative estimate of drug-likeness (QED) is 0.564. The van der Waals surface area contributed by atoms with Gasteiger partial charge in [-0.15, -0.1) is 0 Å². The summed E-state index contributed by atoms with van der Waals surface area (Å²) in [4.78, 5) is 2.56. The molecular weight excluding hydrogens is 212 g/mol. The van der Waals surface area contributed by atoms with Crippen LogP contribution in [0, 0.1) is 11.8 Å². The molecule has 0 amide bonds. The van der Waals surface area contributed by atoms with Crippen LogP contribution in [0.4, 0.5) is 0 Å². The molecule has 0 bridgehead atoms. The fourth-order valence-corrected chi connectivity index (χ4v) is 1.94. The lowest BCUT2D eigenvalue weighted by Crippen LogP contribution is -2.37. The molecule has 0 aromatic rings. The van der Waals surface area contributed by atoms with Crippen molar-refractivity contribution in [1.82, 2.24) is 10.2 Å². The van der Waals surface area contributed by atoms with Gasteiger partial charge in [-0.05, 0) is 18.8 Å². The van der Waals surface area contributed by atoms with Crippen molar-refractivity contribution in [3.05, 3.63) is 0 Å². The topological polar surface area (TPSA) is 24.5 Å². The summed E-state index contributed by atoms with van der Waals surface area (Å²) < 4.78 is 5.29. The number of hydrogen-bond acceptors (Lipinski definition) is 3. The van der Waals surface area contributed by atoms with E-state index in [1.54, 1.807) is 0 Å². The lowest BCUT2D eigenvalue weighted by atomic mass is 10.1. The van der Waals surface area contributed by atoms with Crippen molar-refractivity contribution in [3.63, 3.8) is 0 Å².